The molecule has 1 aromatic heterocycles. The van der Waals surface area contributed by atoms with E-state index >= 15 is 0 Å². The van der Waals surface area contributed by atoms with Crippen LogP contribution in [0.3, 0.4) is 0 Å². The monoisotopic (exact) mass is 238 g/mol. The van der Waals surface area contributed by atoms with Crippen LogP contribution in [0.1, 0.15) is 11.1 Å². The van der Waals surface area contributed by atoms with Crippen molar-refractivity contribution in [1.82, 2.24) is 4.98 Å². The van der Waals surface area contributed by atoms with Gasteiger partial charge in [0.15, 0.2) is 5.13 Å². The molecule has 0 fully saturated rings. The molecule has 0 saturated heterocycles. The molecule has 0 atom stereocenters. The number of aromatic nitrogens is 1. The third-order valence-electron chi connectivity index (χ3n) is 2.00. The van der Waals surface area contributed by atoms with E-state index in [2.05, 4.69) is 41.5 Å². The Morgan fingerprint density at radius 1 is 1.47 bits per heavy atom. The van der Waals surface area contributed by atoms with E-state index in [4.69, 9.17) is 11.6 Å². The molecule has 1 aromatic carbocycles. The fraction of sp³-hybridized carbons (Fsp3) is 0.182. The van der Waals surface area contributed by atoms with Crippen LogP contribution in [0.15, 0.2) is 29.6 Å². The molecule has 0 aliphatic rings. The topological polar surface area (TPSA) is 24.9 Å². The van der Waals surface area contributed by atoms with Gasteiger partial charge in [-0.15, -0.1) is 11.3 Å². The minimum Gasteiger partial charge on any atom is -0.357 e. The SMILES string of the molecule is Cc1cccc(CNc2nc(Cl)cs2)c1. The maximum absolute atomic E-state index is 5.73. The quantitative estimate of drug-likeness (QED) is 0.882. The van der Waals surface area contributed by atoms with E-state index in [1.165, 1.54) is 22.5 Å². The summed E-state index contributed by atoms with van der Waals surface area (Å²) in [7, 11) is 0. The molecular weight excluding hydrogens is 228 g/mol. The highest BCUT2D eigenvalue weighted by Crippen LogP contribution is 2.19. The van der Waals surface area contributed by atoms with Gasteiger partial charge in [0.05, 0.1) is 0 Å². The van der Waals surface area contributed by atoms with Gasteiger partial charge in [-0.25, -0.2) is 4.98 Å². The molecule has 2 aromatic rings. The first-order valence-corrected chi connectivity index (χ1v) is 5.90. The fourth-order valence-corrected chi connectivity index (χ4v) is 2.17. The smallest absolute Gasteiger partial charge is 0.184 e. The molecule has 0 aliphatic heterocycles. The van der Waals surface area contributed by atoms with Gasteiger partial charge in [0, 0.05) is 11.9 Å². The van der Waals surface area contributed by atoms with Crippen molar-refractivity contribution in [2.75, 3.05) is 5.32 Å². The van der Waals surface area contributed by atoms with Gasteiger partial charge in [-0.2, -0.15) is 0 Å². The summed E-state index contributed by atoms with van der Waals surface area (Å²) in [5.74, 6) is 0. The first-order valence-electron chi connectivity index (χ1n) is 4.64. The lowest BCUT2D eigenvalue weighted by Gasteiger charge is -2.03. The zero-order chi connectivity index (χ0) is 10.7. The highest BCUT2D eigenvalue weighted by atomic mass is 35.5. The molecule has 0 saturated carbocycles. The summed E-state index contributed by atoms with van der Waals surface area (Å²) in [6.07, 6.45) is 0. The molecule has 0 bridgehead atoms. The number of hydrogen-bond acceptors (Lipinski definition) is 3. The molecule has 1 heterocycles. The Hall–Kier alpha value is -1.06. The lowest BCUT2D eigenvalue weighted by molar-refractivity contribution is 1.13. The van der Waals surface area contributed by atoms with Crippen molar-refractivity contribution in [3.05, 3.63) is 45.9 Å². The van der Waals surface area contributed by atoms with Crippen molar-refractivity contribution in [2.45, 2.75) is 13.5 Å². The summed E-state index contributed by atoms with van der Waals surface area (Å²) >= 11 is 7.25. The van der Waals surface area contributed by atoms with Crippen molar-refractivity contribution in [2.24, 2.45) is 0 Å². The summed E-state index contributed by atoms with van der Waals surface area (Å²) in [5, 5.41) is 6.46. The molecule has 4 heteroatoms. The van der Waals surface area contributed by atoms with Crippen LogP contribution in [0.25, 0.3) is 0 Å². The Morgan fingerprint density at radius 2 is 2.33 bits per heavy atom. The van der Waals surface area contributed by atoms with Crippen LogP contribution in [0.2, 0.25) is 5.15 Å². The average molecular weight is 239 g/mol. The Morgan fingerprint density at radius 3 is 3.00 bits per heavy atom. The second-order valence-electron chi connectivity index (χ2n) is 3.32. The van der Waals surface area contributed by atoms with Crippen LogP contribution in [-0.4, -0.2) is 4.98 Å². The minimum absolute atomic E-state index is 0.548. The predicted octanol–water partition coefficient (Wildman–Crippen LogP) is 3.72. The van der Waals surface area contributed by atoms with Crippen LogP contribution >= 0.6 is 22.9 Å². The normalized spacial score (nSPS) is 10.3. The number of rotatable bonds is 3. The molecule has 78 valence electrons. The Bertz CT molecular complexity index is 453. The number of nitrogens with zero attached hydrogens (tertiary/aromatic N) is 1. The number of aryl methyl sites for hydroxylation is 1. The van der Waals surface area contributed by atoms with Gasteiger partial charge in [-0.3, -0.25) is 0 Å². The Kier molecular flexibility index (Phi) is 3.23. The largest absolute Gasteiger partial charge is 0.357 e. The van der Waals surface area contributed by atoms with E-state index in [0.29, 0.717) is 5.15 Å². The second kappa shape index (κ2) is 4.64. The van der Waals surface area contributed by atoms with Gasteiger partial charge in [0.25, 0.3) is 0 Å². The first-order chi connectivity index (χ1) is 7.24. The van der Waals surface area contributed by atoms with Crippen molar-refractivity contribution < 1.29 is 0 Å². The van der Waals surface area contributed by atoms with Gasteiger partial charge < -0.3 is 5.32 Å². The molecule has 15 heavy (non-hydrogen) atoms. The highest BCUT2D eigenvalue weighted by molar-refractivity contribution is 7.14. The highest BCUT2D eigenvalue weighted by Gasteiger charge is 1.98. The summed E-state index contributed by atoms with van der Waals surface area (Å²) in [5.41, 5.74) is 2.52. The van der Waals surface area contributed by atoms with Crippen LogP contribution in [0, 0.1) is 6.92 Å². The van der Waals surface area contributed by atoms with Gasteiger partial charge >= 0.3 is 0 Å². The summed E-state index contributed by atoms with van der Waals surface area (Å²) in [4.78, 5) is 4.12. The number of benzene rings is 1. The van der Waals surface area contributed by atoms with E-state index in [1.54, 1.807) is 0 Å². The number of thiazole rings is 1. The van der Waals surface area contributed by atoms with Gasteiger partial charge in [0.2, 0.25) is 0 Å². The number of anilines is 1. The number of halogens is 1. The lowest BCUT2D eigenvalue weighted by Crippen LogP contribution is -1.98. The lowest BCUT2D eigenvalue weighted by atomic mass is 10.1. The van der Waals surface area contributed by atoms with Crippen LogP contribution in [-0.2, 0) is 6.54 Å². The number of nitrogens with one attached hydrogen (secondary N) is 1. The van der Waals surface area contributed by atoms with Crippen molar-refractivity contribution in [3.63, 3.8) is 0 Å². The van der Waals surface area contributed by atoms with E-state index < -0.39 is 0 Å². The molecule has 2 rings (SSSR count). The third kappa shape index (κ3) is 2.94. The minimum atomic E-state index is 0.548. The van der Waals surface area contributed by atoms with E-state index in [0.717, 1.165) is 11.7 Å². The number of hydrogen-bond donors (Lipinski definition) is 1. The molecule has 0 radical (unpaired) electrons. The van der Waals surface area contributed by atoms with E-state index in [-0.39, 0.29) is 0 Å². The maximum atomic E-state index is 5.73. The van der Waals surface area contributed by atoms with Crippen molar-refractivity contribution >= 4 is 28.1 Å². The first kappa shape index (κ1) is 10.5. The van der Waals surface area contributed by atoms with Crippen molar-refractivity contribution in [3.8, 4) is 0 Å². The second-order valence-corrected chi connectivity index (χ2v) is 4.56. The van der Waals surface area contributed by atoms with Crippen LogP contribution in [0.5, 0.6) is 0 Å². The van der Waals surface area contributed by atoms with E-state index in [1.807, 2.05) is 5.38 Å². The molecule has 2 nitrogen and oxygen atoms in total. The Labute approximate surface area is 97.9 Å². The molecular formula is C11H11ClN2S. The zero-order valence-electron chi connectivity index (χ0n) is 8.33. The van der Waals surface area contributed by atoms with Gasteiger partial charge in [-0.05, 0) is 12.5 Å². The maximum Gasteiger partial charge on any atom is 0.184 e. The predicted molar refractivity (Wildman–Crippen MR) is 65.6 cm³/mol. The van der Waals surface area contributed by atoms with Crippen LogP contribution < -0.4 is 5.32 Å². The van der Waals surface area contributed by atoms with E-state index in [9.17, 15) is 0 Å². The van der Waals surface area contributed by atoms with Gasteiger partial charge in [-0.1, -0.05) is 41.4 Å². The Balaban J connectivity index is 1.99. The van der Waals surface area contributed by atoms with Crippen LogP contribution in [0.4, 0.5) is 5.13 Å². The molecule has 0 spiro atoms. The molecule has 0 unspecified atom stereocenters. The molecule has 0 aliphatic carbocycles. The average Bonchev–Trinajstić information content (AvgIpc) is 2.62. The standard InChI is InChI=1S/C11H11ClN2S/c1-8-3-2-4-9(5-8)6-13-11-14-10(12)7-15-11/h2-5,7H,6H2,1H3,(H,13,14). The zero-order valence-corrected chi connectivity index (χ0v) is 9.90. The fourth-order valence-electron chi connectivity index (χ4n) is 1.34. The summed E-state index contributed by atoms with van der Waals surface area (Å²) in [6, 6.07) is 8.39. The van der Waals surface area contributed by atoms with Gasteiger partial charge in [0.1, 0.15) is 5.15 Å². The summed E-state index contributed by atoms with van der Waals surface area (Å²) in [6.45, 7) is 2.87. The van der Waals surface area contributed by atoms with Crippen molar-refractivity contribution in [1.29, 1.82) is 0 Å². The molecule has 1 N–H and O–H groups in total. The summed E-state index contributed by atoms with van der Waals surface area (Å²) < 4.78 is 0. The molecule has 0 amide bonds. The third-order valence-corrected chi connectivity index (χ3v) is 3.13.